The normalized spacial score (nSPS) is 30.0. The Bertz CT molecular complexity index is 312. The molecule has 0 aromatic rings. The molecule has 124 valence electrons. The SMILES string of the molecule is CNCC1(CN2CC(CO)OC(C)(C)C2)CCCCCC1. The number of aliphatic hydroxyl groups is 1. The second-order valence-corrected chi connectivity index (χ2v) is 7.80. The predicted octanol–water partition coefficient (Wildman–Crippen LogP) is 2.02. The van der Waals surface area contributed by atoms with Crippen molar-refractivity contribution in [3.63, 3.8) is 0 Å². The highest BCUT2D eigenvalue weighted by molar-refractivity contribution is 4.91. The highest BCUT2D eigenvalue weighted by Crippen LogP contribution is 2.36. The summed E-state index contributed by atoms with van der Waals surface area (Å²) in [5, 5.41) is 12.9. The predicted molar refractivity (Wildman–Crippen MR) is 86.5 cm³/mol. The second-order valence-electron chi connectivity index (χ2n) is 7.80. The Hall–Kier alpha value is -0.160. The molecule has 1 atom stereocenters. The Morgan fingerprint density at radius 1 is 1.19 bits per heavy atom. The van der Waals surface area contributed by atoms with E-state index in [0.29, 0.717) is 5.41 Å². The van der Waals surface area contributed by atoms with Gasteiger partial charge in [-0.25, -0.2) is 0 Å². The van der Waals surface area contributed by atoms with Crippen molar-refractivity contribution in [1.29, 1.82) is 0 Å². The standard InChI is InChI=1S/C17H34N2O2/c1-16(2)13-19(10-15(11-20)21-16)14-17(12-18-3)8-6-4-5-7-9-17/h15,18,20H,4-14H2,1-3H3. The van der Waals surface area contributed by atoms with Crippen LogP contribution in [0, 0.1) is 5.41 Å². The van der Waals surface area contributed by atoms with Crippen LogP contribution in [-0.2, 0) is 4.74 Å². The van der Waals surface area contributed by atoms with Crippen molar-refractivity contribution in [3.8, 4) is 0 Å². The van der Waals surface area contributed by atoms with E-state index in [1.54, 1.807) is 0 Å². The summed E-state index contributed by atoms with van der Waals surface area (Å²) in [6, 6.07) is 0. The summed E-state index contributed by atoms with van der Waals surface area (Å²) in [4.78, 5) is 2.53. The van der Waals surface area contributed by atoms with E-state index in [1.807, 2.05) is 0 Å². The van der Waals surface area contributed by atoms with Crippen LogP contribution in [0.2, 0.25) is 0 Å². The van der Waals surface area contributed by atoms with Gasteiger partial charge >= 0.3 is 0 Å². The van der Waals surface area contributed by atoms with Crippen molar-refractivity contribution in [1.82, 2.24) is 10.2 Å². The average molecular weight is 298 g/mol. The molecule has 0 bridgehead atoms. The molecule has 1 saturated heterocycles. The Morgan fingerprint density at radius 3 is 2.43 bits per heavy atom. The summed E-state index contributed by atoms with van der Waals surface area (Å²) in [6.07, 6.45) is 8.12. The Kier molecular flexibility index (Phi) is 6.06. The van der Waals surface area contributed by atoms with E-state index in [4.69, 9.17) is 4.74 Å². The number of hydrogen-bond acceptors (Lipinski definition) is 4. The summed E-state index contributed by atoms with van der Waals surface area (Å²) in [7, 11) is 2.08. The van der Waals surface area contributed by atoms with Crippen LogP contribution in [0.1, 0.15) is 52.4 Å². The molecule has 1 heterocycles. The van der Waals surface area contributed by atoms with Crippen molar-refractivity contribution in [2.45, 2.75) is 64.1 Å². The number of rotatable bonds is 5. The molecule has 2 aliphatic rings. The molecule has 2 rings (SSSR count). The highest BCUT2D eigenvalue weighted by Gasteiger charge is 2.38. The van der Waals surface area contributed by atoms with E-state index < -0.39 is 0 Å². The van der Waals surface area contributed by atoms with Gasteiger partial charge in [0.1, 0.15) is 0 Å². The van der Waals surface area contributed by atoms with Gasteiger partial charge in [-0.05, 0) is 39.2 Å². The molecular formula is C17H34N2O2. The molecule has 0 aromatic heterocycles. The molecule has 1 aliphatic carbocycles. The number of hydrogen-bond donors (Lipinski definition) is 2. The average Bonchev–Trinajstić information content (AvgIpc) is 2.63. The van der Waals surface area contributed by atoms with Crippen LogP contribution in [0.5, 0.6) is 0 Å². The first kappa shape index (κ1) is 17.2. The van der Waals surface area contributed by atoms with Crippen molar-refractivity contribution in [3.05, 3.63) is 0 Å². The monoisotopic (exact) mass is 298 g/mol. The first-order valence-electron chi connectivity index (χ1n) is 8.64. The third-order valence-corrected chi connectivity index (χ3v) is 5.03. The van der Waals surface area contributed by atoms with Crippen LogP contribution in [0.25, 0.3) is 0 Å². The minimum Gasteiger partial charge on any atom is -0.394 e. The molecule has 2 N–H and O–H groups in total. The van der Waals surface area contributed by atoms with Gasteiger partial charge in [0.15, 0.2) is 0 Å². The third kappa shape index (κ3) is 4.92. The molecule has 1 aliphatic heterocycles. The lowest BCUT2D eigenvalue weighted by molar-refractivity contribution is -0.154. The van der Waals surface area contributed by atoms with E-state index in [1.165, 1.54) is 38.5 Å². The molecule has 1 saturated carbocycles. The van der Waals surface area contributed by atoms with Crippen LogP contribution in [0.4, 0.5) is 0 Å². The zero-order valence-corrected chi connectivity index (χ0v) is 14.2. The van der Waals surface area contributed by atoms with E-state index >= 15 is 0 Å². The lowest BCUT2D eigenvalue weighted by atomic mass is 9.79. The van der Waals surface area contributed by atoms with Gasteiger partial charge in [0.05, 0.1) is 18.3 Å². The first-order chi connectivity index (χ1) is 9.99. The minimum absolute atomic E-state index is 0.0360. The highest BCUT2D eigenvalue weighted by atomic mass is 16.5. The number of nitrogens with zero attached hydrogens (tertiary/aromatic N) is 1. The fourth-order valence-corrected chi connectivity index (χ4v) is 4.35. The summed E-state index contributed by atoms with van der Waals surface area (Å²) in [5.41, 5.74) is 0.246. The second kappa shape index (κ2) is 7.40. The lowest BCUT2D eigenvalue weighted by Gasteiger charge is -2.46. The van der Waals surface area contributed by atoms with Crippen molar-refractivity contribution >= 4 is 0 Å². The number of morpholine rings is 1. The van der Waals surface area contributed by atoms with Gasteiger partial charge in [-0.1, -0.05) is 25.7 Å². The summed E-state index contributed by atoms with van der Waals surface area (Å²) in [5.74, 6) is 0. The molecule has 4 nitrogen and oxygen atoms in total. The van der Waals surface area contributed by atoms with E-state index in [-0.39, 0.29) is 18.3 Å². The Morgan fingerprint density at radius 2 is 1.86 bits per heavy atom. The zero-order valence-electron chi connectivity index (χ0n) is 14.2. The molecule has 21 heavy (non-hydrogen) atoms. The summed E-state index contributed by atoms with van der Waals surface area (Å²) in [6.45, 7) is 8.48. The lowest BCUT2D eigenvalue weighted by Crippen LogP contribution is -2.57. The maximum Gasteiger partial charge on any atom is 0.0940 e. The number of ether oxygens (including phenoxy) is 1. The smallest absolute Gasteiger partial charge is 0.0940 e. The van der Waals surface area contributed by atoms with Crippen molar-refractivity contribution in [2.24, 2.45) is 5.41 Å². The largest absolute Gasteiger partial charge is 0.394 e. The molecular weight excluding hydrogens is 264 g/mol. The van der Waals surface area contributed by atoms with Gasteiger partial charge in [0.2, 0.25) is 0 Å². The number of aliphatic hydroxyl groups excluding tert-OH is 1. The topological polar surface area (TPSA) is 44.7 Å². The number of nitrogens with one attached hydrogen (secondary N) is 1. The van der Waals surface area contributed by atoms with Crippen LogP contribution in [0.15, 0.2) is 0 Å². The molecule has 1 unspecified atom stereocenters. The van der Waals surface area contributed by atoms with Crippen LogP contribution < -0.4 is 5.32 Å². The van der Waals surface area contributed by atoms with Gasteiger partial charge < -0.3 is 15.2 Å². The van der Waals surface area contributed by atoms with Gasteiger partial charge in [-0.3, -0.25) is 4.90 Å². The quantitative estimate of drug-likeness (QED) is 0.762. The minimum atomic E-state index is -0.156. The van der Waals surface area contributed by atoms with Crippen LogP contribution in [0.3, 0.4) is 0 Å². The van der Waals surface area contributed by atoms with Crippen molar-refractivity contribution in [2.75, 3.05) is 39.8 Å². The van der Waals surface area contributed by atoms with E-state index in [0.717, 1.165) is 26.2 Å². The molecule has 0 amide bonds. The fourth-order valence-electron chi connectivity index (χ4n) is 4.35. The fraction of sp³-hybridized carbons (Fsp3) is 1.00. The Labute approximate surface area is 130 Å². The zero-order chi connectivity index (χ0) is 15.3. The van der Waals surface area contributed by atoms with Crippen molar-refractivity contribution < 1.29 is 9.84 Å². The van der Waals surface area contributed by atoms with Gasteiger partial charge in [0.25, 0.3) is 0 Å². The third-order valence-electron chi connectivity index (χ3n) is 5.03. The summed E-state index contributed by atoms with van der Waals surface area (Å²) >= 11 is 0. The Balaban J connectivity index is 2.04. The van der Waals surface area contributed by atoms with Crippen LogP contribution >= 0.6 is 0 Å². The van der Waals surface area contributed by atoms with Gasteiger partial charge in [-0.15, -0.1) is 0 Å². The van der Waals surface area contributed by atoms with E-state index in [2.05, 4.69) is 31.1 Å². The maximum absolute atomic E-state index is 9.50. The molecule has 4 heteroatoms. The molecule has 0 spiro atoms. The first-order valence-corrected chi connectivity index (χ1v) is 8.64. The molecule has 0 radical (unpaired) electrons. The van der Waals surface area contributed by atoms with Crippen LogP contribution in [-0.4, -0.2) is 61.5 Å². The van der Waals surface area contributed by atoms with Gasteiger partial charge in [-0.2, -0.15) is 0 Å². The van der Waals surface area contributed by atoms with Gasteiger partial charge in [0, 0.05) is 26.2 Å². The maximum atomic E-state index is 9.50. The van der Waals surface area contributed by atoms with E-state index in [9.17, 15) is 5.11 Å². The summed E-state index contributed by atoms with van der Waals surface area (Å²) < 4.78 is 5.95. The molecule has 0 aromatic carbocycles. The molecule has 2 fully saturated rings.